The number of aryl methyl sites for hydroxylation is 1. The van der Waals surface area contributed by atoms with Crippen LogP contribution in [0.2, 0.25) is 0 Å². The molecule has 1 unspecified atom stereocenters. The van der Waals surface area contributed by atoms with E-state index in [-0.39, 0.29) is 17.9 Å². The molecule has 3 fully saturated rings. The second kappa shape index (κ2) is 9.23. The van der Waals surface area contributed by atoms with Gasteiger partial charge in [0.25, 0.3) is 5.91 Å². The van der Waals surface area contributed by atoms with Crippen LogP contribution in [-0.2, 0) is 4.79 Å². The molecule has 1 aliphatic carbocycles. The molecule has 3 heterocycles. The molecule has 2 aliphatic heterocycles. The van der Waals surface area contributed by atoms with Crippen LogP contribution in [0.5, 0.6) is 0 Å². The van der Waals surface area contributed by atoms with Crippen LogP contribution < -0.4 is 0 Å². The third-order valence-corrected chi connectivity index (χ3v) is 6.94. The molecule has 0 aromatic carbocycles. The van der Waals surface area contributed by atoms with Gasteiger partial charge in [0.05, 0.1) is 17.3 Å². The van der Waals surface area contributed by atoms with Crippen molar-refractivity contribution in [2.75, 3.05) is 19.6 Å². The Kier molecular flexibility index (Phi) is 6.46. The number of carbonyl (C=O) groups is 2. The predicted molar refractivity (Wildman–Crippen MR) is 111 cm³/mol. The summed E-state index contributed by atoms with van der Waals surface area (Å²) < 4.78 is 0. The first-order valence-electron chi connectivity index (χ1n) is 11.6. The van der Waals surface area contributed by atoms with Crippen LogP contribution in [0.25, 0.3) is 0 Å². The van der Waals surface area contributed by atoms with E-state index in [1.54, 1.807) is 6.20 Å². The zero-order valence-electron chi connectivity index (χ0n) is 17.7. The van der Waals surface area contributed by atoms with Crippen molar-refractivity contribution in [1.82, 2.24) is 19.8 Å². The van der Waals surface area contributed by atoms with Crippen LogP contribution in [0.1, 0.15) is 98.5 Å². The lowest BCUT2D eigenvalue weighted by molar-refractivity contribution is -0.132. The van der Waals surface area contributed by atoms with E-state index in [1.807, 2.05) is 16.7 Å². The number of piperidine rings is 1. The molecule has 0 N–H and O–H groups in total. The Labute approximate surface area is 174 Å². The zero-order valence-corrected chi connectivity index (χ0v) is 17.7. The minimum atomic E-state index is -0.0866. The Morgan fingerprint density at radius 2 is 1.76 bits per heavy atom. The molecule has 0 spiro atoms. The number of amides is 2. The third-order valence-electron chi connectivity index (χ3n) is 6.94. The maximum Gasteiger partial charge on any atom is 0.257 e. The van der Waals surface area contributed by atoms with E-state index in [4.69, 9.17) is 0 Å². The van der Waals surface area contributed by atoms with Gasteiger partial charge in [-0.2, -0.15) is 0 Å². The lowest BCUT2D eigenvalue weighted by atomic mass is 10.0. The topological polar surface area (TPSA) is 66.4 Å². The first-order chi connectivity index (χ1) is 14.1. The monoisotopic (exact) mass is 398 g/mol. The molecule has 1 aromatic heterocycles. The van der Waals surface area contributed by atoms with Crippen molar-refractivity contribution in [3.05, 3.63) is 23.3 Å². The van der Waals surface area contributed by atoms with Gasteiger partial charge in [-0.05, 0) is 51.4 Å². The fraction of sp³-hybridized carbons (Fsp3) is 0.739. The average molecular weight is 399 g/mol. The Morgan fingerprint density at radius 3 is 2.52 bits per heavy atom. The van der Waals surface area contributed by atoms with Crippen LogP contribution in [0.3, 0.4) is 0 Å². The van der Waals surface area contributed by atoms with E-state index in [0.29, 0.717) is 17.8 Å². The Bertz CT molecular complexity index is 738. The van der Waals surface area contributed by atoms with E-state index in [1.165, 1.54) is 32.1 Å². The highest BCUT2D eigenvalue weighted by Gasteiger charge is 2.35. The summed E-state index contributed by atoms with van der Waals surface area (Å²) in [6.45, 7) is 4.25. The summed E-state index contributed by atoms with van der Waals surface area (Å²) in [6.07, 6.45) is 13.7. The summed E-state index contributed by atoms with van der Waals surface area (Å²) in [7, 11) is 0. The van der Waals surface area contributed by atoms with Gasteiger partial charge in [0.15, 0.2) is 0 Å². The fourth-order valence-electron chi connectivity index (χ4n) is 5.29. The van der Waals surface area contributed by atoms with E-state index >= 15 is 0 Å². The van der Waals surface area contributed by atoms with Gasteiger partial charge in [-0.1, -0.05) is 25.7 Å². The number of hydrogen-bond donors (Lipinski definition) is 0. The highest BCUT2D eigenvalue weighted by Crippen LogP contribution is 2.35. The fourth-order valence-corrected chi connectivity index (χ4v) is 5.29. The lowest BCUT2D eigenvalue weighted by Gasteiger charge is -2.30. The zero-order chi connectivity index (χ0) is 20.2. The average Bonchev–Trinajstić information content (AvgIpc) is 3.44. The normalized spacial score (nSPS) is 23.0. The van der Waals surface area contributed by atoms with Crippen molar-refractivity contribution >= 4 is 11.8 Å². The van der Waals surface area contributed by atoms with Gasteiger partial charge >= 0.3 is 0 Å². The van der Waals surface area contributed by atoms with Crippen molar-refractivity contribution in [2.24, 2.45) is 5.92 Å². The molecule has 1 saturated carbocycles. The quantitative estimate of drug-likeness (QED) is 0.751. The number of aromatic nitrogens is 2. The summed E-state index contributed by atoms with van der Waals surface area (Å²) in [6, 6.07) is -0.0866. The molecule has 2 amide bonds. The van der Waals surface area contributed by atoms with Crippen LogP contribution in [0.4, 0.5) is 0 Å². The summed E-state index contributed by atoms with van der Waals surface area (Å²) in [5.74, 6) is 1.65. The van der Waals surface area contributed by atoms with E-state index < -0.39 is 0 Å². The number of likely N-dealkylation sites (tertiary alicyclic amines) is 2. The summed E-state index contributed by atoms with van der Waals surface area (Å²) in [4.78, 5) is 39.2. The van der Waals surface area contributed by atoms with Crippen molar-refractivity contribution in [1.29, 1.82) is 0 Å². The minimum absolute atomic E-state index is 0.0324. The molecule has 6 nitrogen and oxygen atoms in total. The van der Waals surface area contributed by atoms with E-state index in [9.17, 15) is 9.59 Å². The predicted octanol–water partition coefficient (Wildman–Crippen LogP) is 4.05. The maximum absolute atomic E-state index is 13.2. The van der Waals surface area contributed by atoms with Gasteiger partial charge in [-0.15, -0.1) is 0 Å². The van der Waals surface area contributed by atoms with Crippen LogP contribution in [-0.4, -0.2) is 51.2 Å². The van der Waals surface area contributed by atoms with Crippen molar-refractivity contribution in [3.63, 3.8) is 0 Å². The number of hydrogen-bond acceptors (Lipinski definition) is 4. The molecule has 0 bridgehead atoms. The largest absolute Gasteiger partial charge is 0.339 e. The smallest absolute Gasteiger partial charge is 0.257 e. The van der Waals surface area contributed by atoms with Gasteiger partial charge in [-0.3, -0.25) is 9.59 Å². The minimum Gasteiger partial charge on any atom is -0.339 e. The summed E-state index contributed by atoms with van der Waals surface area (Å²) in [5, 5.41) is 0. The first-order valence-corrected chi connectivity index (χ1v) is 11.6. The highest BCUT2D eigenvalue weighted by molar-refractivity contribution is 5.95. The molecule has 0 radical (unpaired) electrons. The van der Waals surface area contributed by atoms with Gasteiger partial charge in [0.1, 0.15) is 5.82 Å². The maximum atomic E-state index is 13.2. The molecule has 1 atom stereocenters. The Hall–Kier alpha value is -1.98. The molecular formula is C23H34N4O2. The van der Waals surface area contributed by atoms with Crippen molar-refractivity contribution < 1.29 is 9.59 Å². The molecule has 4 rings (SSSR count). The number of rotatable bonds is 5. The van der Waals surface area contributed by atoms with Crippen molar-refractivity contribution in [2.45, 2.75) is 83.6 Å². The molecule has 2 saturated heterocycles. The molecule has 1 aromatic rings. The molecule has 29 heavy (non-hydrogen) atoms. The second-order valence-corrected chi connectivity index (χ2v) is 9.00. The van der Waals surface area contributed by atoms with E-state index in [0.717, 1.165) is 63.4 Å². The highest BCUT2D eigenvalue weighted by atomic mass is 16.2. The summed E-state index contributed by atoms with van der Waals surface area (Å²) in [5.41, 5.74) is 1.36. The van der Waals surface area contributed by atoms with Crippen LogP contribution in [0.15, 0.2) is 6.20 Å². The number of carbonyl (C=O) groups excluding carboxylic acids is 2. The first kappa shape index (κ1) is 20.3. The number of nitrogens with zero attached hydrogens (tertiary/aromatic N) is 4. The van der Waals surface area contributed by atoms with Gasteiger partial charge in [0, 0.05) is 32.3 Å². The Morgan fingerprint density at radius 1 is 1.00 bits per heavy atom. The SMILES string of the molecule is Cc1ncc(C(=O)N2CCCCC2)c(C2CCCN2C(=O)CCC2CCCC2)n1. The molecule has 3 aliphatic rings. The van der Waals surface area contributed by atoms with Gasteiger partial charge < -0.3 is 9.80 Å². The summed E-state index contributed by atoms with van der Waals surface area (Å²) >= 11 is 0. The van der Waals surface area contributed by atoms with Gasteiger partial charge in [0.2, 0.25) is 5.91 Å². The third kappa shape index (κ3) is 4.62. The molecule has 6 heteroatoms. The van der Waals surface area contributed by atoms with E-state index in [2.05, 4.69) is 9.97 Å². The lowest BCUT2D eigenvalue weighted by Crippen LogP contribution is -2.38. The van der Waals surface area contributed by atoms with Gasteiger partial charge in [-0.25, -0.2) is 9.97 Å². The van der Waals surface area contributed by atoms with Crippen molar-refractivity contribution in [3.8, 4) is 0 Å². The molecular weight excluding hydrogens is 364 g/mol. The standard InChI is InChI=1S/C23H34N4O2/c1-17-24-16-19(23(29)26-13-5-2-6-14-26)22(25-17)20-10-7-15-27(20)21(28)12-11-18-8-3-4-9-18/h16,18,20H,2-15H2,1H3. The second-order valence-electron chi connectivity index (χ2n) is 9.00. The van der Waals surface area contributed by atoms with Crippen LogP contribution >= 0.6 is 0 Å². The van der Waals surface area contributed by atoms with Crippen LogP contribution in [0, 0.1) is 12.8 Å². The molecule has 158 valence electrons. The Balaban J connectivity index is 1.51.